The van der Waals surface area contributed by atoms with Gasteiger partial charge in [0.1, 0.15) is 17.3 Å². The van der Waals surface area contributed by atoms with Gasteiger partial charge in [0.15, 0.2) is 0 Å². The normalized spacial score (nSPS) is 31.3. The van der Waals surface area contributed by atoms with Crippen molar-refractivity contribution >= 4 is 5.91 Å². The highest BCUT2D eigenvalue weighted by Crippen LogP contribution is 2.54. The van der Waals surface area contributed by atoms with Crippen LogP contribution in [-0.2, 0) is 11.3 Å². The Bertz CT molecular complexity index is 864. The molecule has 148 valence electrons. The first kappa shape index (κ1) is 17.8. The number of aryl methyl sites for hydroxylation is 2. The number of fused-ring (bicyclic) bond motifs is 1. The summed E-state index contributed by atoms with van der Waals surface area (Å²) in [6.45, 7) is 7.08. The fraction of sp³-hybridized carbons (Fsp3) is 0.571. The largest absolute Gasteiger partial charge is 0.468 e. The minimum atomic E-state index is -0.129. The Labute approximate surface area is 164 Å². The molecule has 0 aromatic carbocycles. The van der Waals surface area contributed by atoms with Crippen LogP contribution in [0.3, 0.4) is 0 Å². The van der Waals surface area contributed by atoms with Crippen LogP contribution in [0.15, 0.2) is 28.9 Å². The van der Waals surface area contributed by atoms with Crippen LogP contribution in [0.25, 0.3) is 0 Å². The topological polar surface area (TPSA) is 80.5 Å². The van der Waals surface area contributed by atoms with Crippen molar-refractivity contribution < 1.29 is 13.9 Å². The van der Waals surface area contributed by atoms with Crippen LogP contribution in [0.5, 0.6) is 0 Å². The second-order valence-electron chi connectivity index (χ2n) is 8.43. The lowest BCUT2D eigenvalue weighted by Crippen LogP contribution is -2.42. The van der Waals surface area contributed by atoms with Crippen molar-refractivity contribution in [3.8, 4) is 0 Å². The Hall–Kier alpha value is -2.25. The highest BCUT2D eigenvalue weighted by atomic mass is 16.5. The second-order valence-corrected chi connectivity index (χ2v) is 8.43. The van der Waals surface area contributed by atoms with Crippen LogP contribution in [0.2, 0.25) is 0 Å². The summed E-state index contributed by atoms with van der Waals surface area (Å²) in [6, 6.07) is 5.69. The van der Waals surface area contributed by atoms with Gasteiger partial charge in [-0.3, -0.25) is 9.69 Å². The predicted octanol–water partition coefficient (Wildman–Crippen LogP) is 2.10. The lowest BCUT2D eigenvalue weighted by Gasteiger charge is -2.29. The van der Waals surface area contributed by atoms with Gasteiger partial charge in [-0.2, -0.15) is 0 Å². The summed E-state index contributed by atoms with van der Waals surface area (Å²) < 4.78 is 12.0. The van der Waals surface area contributed by atoms with E-state index in [9.17, 15) is 4.79 Å². The number of furan rings is 1. The molecular weight excluding hydrogens is 356 g/mol. The SMILES string of the molecule is Cc1cc(C(=O)NC[C@H]2[C@H]3CN(Cc4ccco4)C[C@]34CC[C@H]2O4)nc(C)n1. The zero-order valence-electron chi connectivity index (χ0n) is 16.4. The average molecular weight is 382 g/mol. The van der Waals surface area contributed by atoms with Crippen molar-refractivity contribution in [2.75, 3.05) is 19.6 Å². The second kappa shape index (κ2) is 6.67. The number of rotatable bonds is 5. The molecule has 2 aromatic rings. The smallest absolute Gasteiger partial charge is 0.270 e. The molecule has 4 atom stereocenters. The van der Waals surface area contributed by atoms with Crippen LogP contribution in [0.4, 0.5) is 0 Å². The van der Waals surface area contributed by atoms with E-state index in [4.69, 9.17) is 9.15 Å². The maximum atomic E-state index is 12.6. The number of likely N-dealkylation sites (tertiary alicyclic amines) is 1. The molecule has 0 saturated carbocycles. The molecule has 1 N–H and O–H groups in total. The number of aromatic nitrogens is 2. The summed E-state index contributed by atoms with van der Waals surface area (Å²) in [5.41, 5.74) is 1.20. The van der Waals surface area contributed by atoms with Crippen LogP contribution < -0.4 is 5.32 Å². The summed E-state index contributed by atoms with van der Waals surface area (Å²) >= 11 is 0. The lowest BCUT2D eigenvalue weighted by molar-refractivity contribution is 0.00167. The van der Waals surface area contributed by atoms with Gasteiger partial charge in [0.05, 0.1) is 24.5 Å². The van der Waals surface area contributed by atoms with E-state index in [1.807, 2.05) is 26.0 Å². The Kier molecular flexibility index (Phi) is 4.25. The lowest BCUT2D eigenvalue weighted by atomic mass is 9.73. The standard InChI is InChI=1S/C21H26N4O3/c1-13-8-18(24-14(2)23-13)20(26)22-9-16-17-11-25(10-15-4-3-7-27-15)12-21(17)6-5-19(16)28-21/h3-4,7-8,16-17,19H,5-6,9-12H2,1-2H3,(H,22,26)/t16-,17+,19+,21+/m0/s1. The molecule has 28 heavy (non-hydrogen) atoms. The van der Waals surface area contributed by atoms with Crippen LogP contribution in [0, 0.1) is 25.7 Å². The first-order valence-electron chi connectivity index (χ1n) is 10.1. The molecule has 7 heteroatoms. The number of carbonyl (C=O) groups is 1. The molecule has 3 aliphatic rings. The minimum Gasteiger partial charge on any atom is -0.468 e. The van der Waals surface area contributed by atoms with Crippen LogP contribution in [-0.4, -0.2) is 52.1 Å². The van der Waals surface area contributed by atoms with E-state index in [-0.39, 0.29) is 17.6 Å². The molecule has 0 aliphatic carbocycles. The predicted molar refractivity (Wildman–Crippen MR) is 102 cm³/mol. The molecule has 0 unspecified atom stereocenters. The van der Waals surface area contributed by atoms with Crippen molar-refractivity contribution in [1.29, 1.82) is 0 Å². The quantitative estimate of drug-likeness (QED) is 0.853. The van der Waals surface area contributed by atoms with Gasteiger partial charge in [0.25, 0.3) is 5.91 Å². The van der Waals surface area contributed by atoms with E-state index in [1.165, 1.54) is 0 Å². The first-order valence-corrected chi connectivity index (χ1v) is 10.1. The van der Waals surface area contributed by atoms with Gasteiger partial charge in [-0.05, 0) is 44.9 Å². The maximum Gasteiger partial charge on any atom is 0.270 e. The molecule has 1 spiro atoms. The van der Waals surface area contributed by atoms with Gasteiger partial charge in [-0.25, -0.2) is 9.97 Å². The van der Waals surface area contributed by atoms with E-state index in [2.05, 4.69) is 20.2 Å². The molecule has 5 heterocycles. The fourth-order valence-corrected chi connectivity index (χ4v) is 5.44. The first-order chi connectivity index (χ1) is 13.5. The Morgan fingerprint density at radius 1 is 1.39 bits per heavy atom. The van der Waals surface area contributed by atoms with Gasteiger partial charge < -0.3 is 14.5 Å². The van der Waals surface area contributed by atoms with Crippen molar-refractivity contribution in [3.05, 3.63) is 47.4 Å². The molecule has 3 fully saturated rings. The molecule has 0 radical (unpaired) electrons. The van der Waals surface area contributed by atoms with E-state index >= 15 is 0 Å². The van der Waals surface area contributed by atoms with Crippen molar-refractivity contribution in [3.63, 3.8) is 0 Å². The highest BCUT2D eigenvalue weighted by molar-refractivity contribution is 5.92. The summed E-state index contributed by atoms with van der Waals surface area (Å²) in [6.07, 6.45) is 4.18. The van der Waals surface area contributed by atoms with Gasteiger partial charge in [-0.1, -0.05) is 0 Å². The molecule has 2 aromatic heterocycles. The van der Waals surface area contributed by atoms with Gasteiger partial charge in [-0.15, -0.1) is 0 Å². The number of nitrogens with zero attached hydrogens (tertiary/aromatic N) is 3. The summed E-state index contributed by atoms with van der Waals surface area (Å²) in [7, 11) is 0. The third kappa shape index (κ3) is 3.02. The average Bonchev–Trinajstić information content (AvgIpc) is 3.40. The monoisotopic (exact) mass is 382 g/mol. The third-order valence-electron chi connectivity index (χ3n) is 6.51. The molecule has 5 rings (SSSR count). The van der Waals surface area contributed by atoms with E-state index in [0.29, 0.717) is 29.9 Å². The minimum absolute atomic E-state index is 0.0469. The van der Waals surface area contributed by atoms with Crippen molar-refractivity contribution in [2.45, 2.75) is 44.9 Å². The number of hydrogen-bond acceptors (Lipinski definition) is 6. The molecule has 2 bridgehead atoms. The molecular formula is C21H26N4O3. The van der Waals surface area contributed by atoms with Crippen LogP contribution >= 0.6 is 0 Å². The number of carbonyl (C=O) groups excluding carboxylic acids is 1. The number of hydrogen-bond donors (Lipinski definition) is 1. The zero-order chi connectivity index (χ0) is 19.3. The Morgan fingerprint density at radius 3 is 3.07 bits per heavy atom. The molecule has 3 aliphatic heterocycles. The maximum absolute atomic E-state index is 12.6. The molecule has 3 saturated heterocycles. The van der Waals surface area contributed by atoms with Gasteiger partial charge in [0, 0.05) is 37.2 Å². The molecule has 7 nitrogen and oxygen atoms in total. The van der Waals surface area contributed by atoms with Gasteiger partial charge in [0.2, 0.25) is 0 Å². The summed E-state index contributed by atoms with van der Waals surface area (Å²) in [5.74, 6) is 2.29. The Balaban J connectivity index is 1.25. The van der Waals surface area contributed by atoms with Crippen LogP contribution in [0.1, 0.15) is 40.6 Å². The summed E-state index contributed by atoms with van der Waals surface area (Å²) in [5, 5.41) is 3.10. The summed E-state index contributed by atoms with van der Waals surface area (Å²) in [4.78, 5) is 23.6. The van der Waals surface area contributed by atoms with Crippen molar-refractivity contribution in [1.82, 2.24) is 20.2 Å². The number of nitrogens with one attached hydrogen (secondary N) is 1. The van der Waals surface area contributed by atoms with E-state index < -0.39 is 0 Å². The third-order valence-corrected chi connectivity index (χ3v) is 6.51. The number of amides is 1. The Morgan fingerprint density at radius 2 is 2.29 bits per heavy atom. The zero-order valence-corrected chi connectivity index (χ0v) is 16.4. The van der Waals surface area contributed by atoms with E-state index in [1.54, 1.807) is 12.3 Å². The fourth-order valence-electron chi connectivity index (χ4n) is 5.44. The highest BCUT2D eigenvalue weighted by Gasteiger charge is 2.62. The number of ether oxygens (including phenoxy) is 1. The van der Waals surface area contributed by atoms with Crippen molar-refractivity contribution in [2.24, 2.45) is 11.8 Å². The van der Waals surface area contributed by atoms with Gasteiger partial charge >= 0.3 is 0 Å². The molecule has 1 amide bonds. The van der Waals surface area contributed by atoms with E-state index in [0.717, 1.165) is 43.9 Å².